The van der Waals surface area contributed by atoms with Crippen molar-refractivity contribution in [3.05, 3.63) is 12.4 Å². The van der Waals surface area contributed by atoms with Crippen LogP contribution >= 0.6 is 0 Å². The standard InChI is InChI=1S/C20H31N5O2/c26-20(21-12-17-4-2-10-27-17)8-5-15-3-1-9-25(13-15)19-11-18(22-14-23-19)24-16-6-7-16/h11,14-17H,1-10,12-13H2,(H,21,26)(H,22,23,24). The molecule has 3 heterocycles. The molecule has 2 saturated heterocycles. The van der Waals surface area contributed by atoms with Gasteiger partial charge in [0.2, 0.25) is 5.91 Å². The van der Waals surface area contributed by atoms with E-state index in [1.807, 2.05) is 0 Å². The molecule has 3 aliphatic rings. The molecule has 2 N–H and O–H groups in total. The number of hydrogen-bond donors (Lipinski definition) is 2. The summed E-state index contributed by atoms with van der Waals surface area (Å²) in [7, 11) is 0. The lowest BCUT2D eigenvalue weighted by Gasteiger charge is -2.33. The summed E-state index contributed by atoms with van der Waals surface area (Å²) in [6.07, 6.45) is 10.4. The van der Waals surface area contributed by atoms with Gasteiger partial charge in [0.1, 0.15) is 18.0 Å². The third-order valence-electron chi connectivity index (χ3n) is 5.76. The first-order valence-corrected chi connectivity index (χ1v) is 10.5. The smallest absolute Gasteiger partial charge is 0.220 e. The van der Waals surface area contributed by atoms with Gasteiger partial charge < -0.3 is 20.3 Å². The Morgan fingerprint density at radius 2 is 2.15 bits per heavy atom. The lowest BCUT2D eigenvalue weighted by Crippen LogP contribution is -2.37. The van der Waals surface area contributed by atoms with Gasteiger partial charge in [-0.15, -0.1) is 0 Å². The first-order valence-electron chi connectivity index (χ1n) is 10.5. The van der Waals surface area contributed by atoms with E-state index in [-0.39, 0.29) is 12.0 Å². The lowest BCUT2D eigenvalue weighted by atomic mass is 9.93. The van der Waals surface area contributed by atoms with Crippen LogP contribution in [0.2, 0.25) is 0 Å². The Bertz CT molecular complexity index is 631. The van der Waals surface area contributed by atoms with Crippen molar-refractivity contribution in [2.24, 2.45) is 5.92 Å². The molecule has 1 aromatic rings. The molecule has 4 rings (SSSR count). The fraction of sp³-hybridized carbons (Fsp3) is 0.750. The minimum Gasteiger partial charge on any atom is -0.376 e. The molecule has 3 fully saturated rings. The molecule has 7 heteroatoms. The van der Waals surface area contributed by atoms with Gasteiger partial charge in [-0.2, -0.15) is 0 Å². The summed E-state index contributed by atoms with van der Waals surface area (Å²) >= 11 is 0. The Morgan fingerprint density at radius 3 is 2.96 bits per heavy atom. The van der Waals surface area contributed by atoms with Gasteiger partial charge >= 0.3 is 0 Å². The maximum atomic E-state index is 12.1. The minimum absolute atomic E-state index is 0.153. The summed E-state index contributed by atoms with van der Waals surface area (Å²) in [4.78, 5) is 23.3. The Hall–Kier alpha value is -1.89. The third-order valence-corrected chi connectivity index (χ3v) is 5.76. The van der Waals surface area contributed by atoms with Gasteiger partial charge in [-0.25, -0.2) is 9.97 Å². The summed E-state index contributed by atoms with van der Waals surface area (Å²) in [6, 6.07) is 2.66. The highest BCUT2D eigenvalue weighted by Crippen LogP contribution is 2.27. The van der Waals surface area contributed by atoms with Crippen LogP contribution in [0, 0.1) is 5.92 Å². The first-order chi connectivity index (χ1) is 13.3. The zero-order chi connectivity index (χ0) is 18.5. The van der Waals surface area contributed by atoms with Crippen LogP contribution in [0.4, 0.5) is 11.6 Å². The molecule has 1 aliphatic carbocycles. The molecule has 1 amide bonds. The van der Waals surface area contributed by atoms with Gasteiger partial charge in [-0.05, 0) is 50.9 Å². The molecular weight excluding hydrogens is 342 g/mol. The molecule has 2 atom stereocenters. The van der Waals surface area contributed by atoms with Crippen molar-refractivity contribution in [1.29, 1.82) is 0 Å². The summed E-state index contributed by atoms with van der Waals surface area (Å²) in [5.41, 5.74) is 0. The molecule has 1 aromatic heterocycles. The Kier molecular flexibility index (Phi) is 6.07. The van der Waals surface area contributed by atoms with E-state index >= 15 is 0 Å². The molecule has 1 saturated carbocycles. The fourth-order valence-electron chi connectivity index (χ4n) is 4.00. The van der Waals surface area contributed by atoms with Crippen LogP contribution in [-0.4, -0.2) is 54.3 Å². The monoisotopic (exact) mass is 373 g/mol. The van der Waals surface area contributed by atoms with E-state index in [0.29, 0.717) is 24.9 Å². The minimum atomic E-state index is 0.153. The van der Waals surface area contributed by atoms with Crippen molar-refractivity contribution in [3.8, 4) is 0 Å². The van der Waals surface area contributed by atoms with Crippen LogP contribution < -0.4 is 15.5 Å². The number of rotatable bonds is 8. The summed E-state index contributed by atoms with van der Waals surface area (Å²) in [6.45, 7) is 3.49. The Labute approximate surface area is 161 Å². The number of carbonyl (C=O) groups is 1. The van der Waals surface area contributed by atoms with Crippen molar-refractivity contribution in [3.63, 3.8) is 0 Å². The molecule has 0 aromatic carbocycles. The van der Waals surface area contributed by atoms with E-state index < -0.39 is 0 Å². The van der Waals surface area contributed by atoms with Gasteiger partial charge in [0.05, 0.1) is 6.10 Å². The zero-order valence-corrected chi connectivity index (χ0v) is 16.0. The van der Waals surface area contributed by atoms with Gasteiger partial charge in [-0.1, -0.05) is 0 Å². The van der Waals surface area contributed by atoms with E-state index in [2.05, 4.69) is 31.6 Å². The van der Waals surface area contributed by atoms with E-state index in [0.717, 1.165) is 57.0 Å². The second-order valence-corrected chi connectivity index (χ2v) is 8.11. The molecule has 2 aliphatic heterocycles. The van der Waals surface area contributed by atoms with E-state index in [1.54, 1.807) is 6.33 Å². The molecule has 0 radical (unpaired) electrons. The largest absolute Gasteiger partial charge is 0.376 e. The summed E-state index contributed by atoms with van der Waals surface area (Å²) < 4.78 is 5.56. The van der Waals surface area contributed by atoms with Crippen LogP contribution in [0.15, 0.2) is 12.4 Å². The number of aromatic nitrogens is 2. The van der Waals surface area contributed by atoms with E-state index in [4.69, 9.17) is 4.74 Å². The number of amides is 1. The SMILES string of the molecule is O=C(CCC1CCCN(c2cc(NC3CC3)ncn2)C1)NCC1CCCO1. The average Bonchev–Trinajstić information content (AvgIpc) is 3.35. The van der Waals surface area contributed by atoms with Crippen LogP contribution in [0.3, 0.4) is 0 Å². The van der Waals surface area contributed by atoms with Crippen LogP contribution in [0.1, 0.15) is 51.4 Å². The summed E-state index contributed by atoms with van der Waals surface area (Å²) in [5.74, 6) is 2.63. The normalized spacial score (nSPS) is 25.4. The van der Waals surface area contributed by atoms with Crippen LogP contribution in [0.5, 0.6) is 0 Å². The summed E-state index contributed by atoms with van der Waals surface area (Å²) in [5, 5.41) is 6.47. The molecule has 27 heavy (non-hydrogen) atoms. The van der Waals surface area contributed by atoms with Crippen molar-refractivity contribution in [2.45, 2.75) is 63.5 Å². The third kappa shape index (κ3) is 5.54. The highest BCUT2D eigenvalue weighted by Gasteiger charge is 2.24. The van der Waals surface area contributed by atoms with Gasteiger partial charge in [0.25, 0.3) is 0 Å². The molecule has 7 nitrogen and oxygen atoms in total. The van der Waals surface area contributed by atoms with Crippen molar-refractivity contribution >= 4 is 17.5 Å². The second-order valence-electron chi connectivity index (χ2n) is 8.11. The molecule has 148 valence electrons. The van der Waals surface area contributed by atoms with E-state index in [1.165, 1.54) is 19.3 Å². The molecular formula is C20H31N5O2. The number of nitrogens with zero attached hydrogens (tertiary/aromatic N) is 3. The van der Waals surface area contributed by atoms with Crippen LogP contribution in [-0.2, 0) is 9.53 Å². The van der Waals surface area contributed by atoms with Crippen LogP contribution in [0.25, 0.3) is 0 Å². The Morgan fingerprint density at radius 1 is 1.22 bits per heavy atom. The topological polar surface area (TPSA) is 79.4 Å². The van der Waals surface area contributed by atoms with Crippen molar-refractivity contribution in [2.75, 3.05) is 36.5 Å². The number of hydrogen-bond acceptors (Lipinski definition) is 6. The predicted molar refractivity (Wildman–Crippen MR) is 105 cm³/mol. The van der Waals surface area contributed by atoms with Crippen molar-refractivity contribution < 1.29 is 9.53 Å². The quantitative estimate of drug-likeness (QED) is 0.728. The zero-order valence-electron chi connectivity index (χ0n) is 16.0. The van der Waals surface area contributed by atoms with Gasteiger partial charge in [0.15, 0.2) is 0 Å². The maximum Gasteiger partial charge on any atom is 0.220 e. The maximum absolute atomic E-state index is 12.1. The van der Waals surface area contributed by atoms with Gasteiger partial charge in [0, 0.05) is 44.8 Å². The number of ether oxygens (including phenoxy) is 1. The number of nitrogens with one attached hydrogen (secondary N) is 2. The highest BCUT2D eigenvalue weighted by atomic mass is 16.5. The number of carbonyl (C=O) groups excluding carboxylic acids is 1. The highest BCUT2D eigenvalue weighted by molar-refractivity contribution is 5.75. The number of piperidine rings is 1. The van der Waals surface area contributed by atoms with Crippen molar-refractivity contribution in [1.82, 2.24) is 15.3 Å². The molecule has 2 unspecified atom stereocenters. The first kappa shape index (κ1) is 18.5. The second kappa shape index (κ2) is 8.87. The number of anilines is 2. The molecule has 0 bridgehead atoms. The lowest BCUT2D eigenvalue weighted by molar-refractivity contribution is -0.121. The predicted octanol–water partition coefficient (Wildman–Crippen LogP) is 2.34. The Balaban J connectivity index is 1.22. The van der Waals surface area contributed by atoms with Gasteiger partial charge in [-0.3, -0.25) is 4.79 Å². The average molecular weight is 374 g/mol. The molecule has 0 spiro atoms. The fourth-order valence-corrected chi connectivity index (χ4v) is 4.00. The van der Waals surface area contributed by atoms with E-state index in [9.17, 15) is 4.79 Å².